The second-order valence-corrected chi connectivity index (χ2v) is 33.6. The molecule has 0 saturated carbocycles. The van der Waals surface area contributed by atoms with Crippen LogP contribution in [0.5, 0.6) is 0 Å². The molecule has 39 heteroatoms. The first-order chi connectivity index (χ1) is 62.4. The number of unbranched alkanes of at least 4 members (excludes halogenated alkanes) is 1. The highest BCUT2D eigenvalue weighted by atomic mass is 16.6. The summed E-state index contributed by atoms with van der Waals surface area (Å²) in [5, 5.41) is 59.7. The number of nitrogens with one attached hydrogen (secondary N) is 19. The van der Waals surface area contributed by atoms with Crippen LogP contribution in [0.1, 0.15) is 132 Å². The molecule has 0 unspecified atom stereocenters. The molecule has 6 heterocycles. The number of para-hydroxylation sites is 4. The minimum atomic E-state index is -1.50. The van der Waals surface area contributed by atoms with Gasteiger partial charge in [-0.1, -0.05) is 103 Å². The van der Waals surface area contributed by atoms with Gasteiger partial charge in [-0.2, -0.15) is 0 Å². The minimum absolute atomic E-state index is 0.0000229. The van der Waals surface area contributed by atoms with Crippen molar-refractivity contribution in [1.82, 2.24) is 93.5 Å². The Morgan fingerprint density at radius 2 is 0.708 bits per heavy atom. The van der Waals surface area contributed by atoms with Gasteiger partial charge >= 0.3 is 12.2 Å². The number of aromatic nitrogens is 4. The number of hydrogen-bond donors (Lipinski definition) is 23. The summed E-state index contributed by atoms with van der Waals surface area (Å²) in [5.41, 5.74) is 27.9. The Labute approximate surface area is 750 Å². The molecule has 10 atom stereocenters. The van der Waals surface area contributed by atoms with Gasteiger partial charge in [-0.15, -0.1) is 0 Å². The van der Waals surface area contributed by atoms with Crippen molar-refractivity contribution in [3.63, 3.8) is 0 Å². The Balaban J connectivity index is 0.856. The maximum absolute atomic E-state index is 16.1. The lowest BCUT2D eigenvalue weighted by Gasteiger charge is -2.32. The zero-order chi connectivity index (χ0) is 93.0. The number of amides is 12. The van der Waals surface area contributed by atoms with Crippen molar-refractivity contribution in [2.75, 3.05) is 39.3 Å². The molecule has 692 valence electrons. The number of rotatable bonds is 45. The molecule has 0 aliphatic carbocycles. The number of carbonyl (C=O) groups excluding carboxylic acids is 12. The monoisotopic (exact) mass is 1790 g/mol. The highest BCUT2D eigenvalue weighted by molar-refractivity contribution is 6.01. The number of primary amides is 1. The number of hydrogen-bond acceptors (Lipinski definition) is 17. The molecule has 39 nitrogen and oxygen atoms in total. The summed E-state index contributed by atoms with van der Waals surface area (Å²) in [5.74, 6) is -8.87. The molecule has 0 spiro atoms. The maximum atomic E-state index is 16.1. The summed E-state index contributed by atoms with van der Waals surface area (Å²) in [6.45, 7) is 5.58. The zero-order valence-electron chi connectivity index (χ0n) is 73.1. The van der Waals surface area contributed by atoms with Crippen LogP contribution in [0.4, 0.5) is 9.59 Å². The fourth-order valence-electron chi connectivity index (χ4n) is 16.4. The zero-order valence-corrected chi connectivity index (χ0v) is 73.1. The number of guanidine groups is 3. The van der Waals surface area contributed by atoms with Crippen LogP contribution in [0.3, 0.4) is 0 Å². The molecule has 2 aliphatic heterocycles. The number of carbonyl (C=O) groups is 12. The van der Waals surface area contributed by atoms with E-state index in [4.69, 9.17) is 48.6 Å². The van der Waals surface area contributed by atoms with E-state index in [1.165, 1.54) is 9.80 Å². The number of fused-ring (bicyclic) bond motifs is 4. The second-order valence-electron chi connectivity index (χ2n) is 33.6. The van der Waals surface area contributed by atoms with Crippen molar-refractivity contribution in [3.8, 4) is 0 Å². The van der Waals surface area contributed by atoms with Gasteiger partial charge in [0.1, 0.15) is 72.6 Å². The van der Waals surface area contributed by atoms with Crippen LogP contribution in [0, 0.1) is 16.2 Å². The van der Waals surface area contributed by atoms with Gasteiger partial charge in [0.15, 0.2) is 17.9 Å². The van der Waals surface area contributed by atoms with Crippen molar-refractivity contribution in [2.24, 2.45) is 22.9 Å². The van der Waals surface area contributed by atoms with Crippen molar-refractivity contribution in [3.05, 3.63) is 180 Å². The highest BCUT2D eigenvalue weighted by Crippen LogP contribution is 2.29. The summed E-state index contributed by atoms with van der Waals surface area (Å²) >= 11 is 0. The summed E-state index contributed by atoms with van der Waals surface area (Å²) in [6, 6.07) is 24.6. The summed E-state index contributed by atoms with van der Waals surface area (Å²) in [6.07, 6.45) is 6.53. The van der Waals surface area contributed by atoms with Gasteiger partial charge < -0.3 is 126 Å². The van der Waals surface area contributed by atoms with Crippen molar-refractivity contribution in [2.45, 2.75) is 203 Å². The smallest absolute Gasteiger partial charge is 0.408 e. The molecule has 2 saturated heterocycles. The van der Waals surface area contributed by atoms with E-state index in [1.54, 1.807) is 75.9 Å². The van der Waals surface area contributed by atoms with E-state index in [0.717, 1.165) is 27.2 Å². The molecule has 2 aliphatic rings. The van der Waals surface area contributed by atoms with Gasteiger partial charge in [-0.3, -0.25) is 64.2 Å². The van der Waals surface area contributed by atoms with Crippen LogP contribution in [0.25, 0.3) is 43.6 Å². The van der Waals surface area contributed by atoms with Gasteiger partial charge in [0.05, 0.1) is 0 Å². The van der Waals surface area contributed by atoms with Gasteiger partial charge in [-0.05, 0) is 156 Å². The summed E-state index contributed by atoms with van der Waals surface area (Å²) in [4.78, 5) is 193. The maximum Gasteiger partial charge on any atom is 0.408 e. The predicted molar refractivity (Wildman–Crippen MR) is 489 cm³/mol. The van der Waals surface area contributed by atoms with Gasteiger partial charge in [0.25, 0.3) is 0 Å². The number of ether oxygens (including phenoxy) is 2. The minimum Gasteiger partial charge on any atom is -0.445 e. The standard InChI is InChI=1S/C91H119N25O14/c1-91(2,3)130-89(127)102-38-16-15-32-66(76(92)117)107-77(118)67(33-17-39-99-86(93)94)108-78(119)68(34-18-40-100-87(95)96)109-80(121)70(44-54-48-103-62-28-11-7-24-58(54)62)110-82(123)74-36-21-43-116(74)85(126)73(47-57-51-106-65-31-14-10-27-61(57)65)113-81(122)71(45-55-49-104-63-29-12-8-25-59(55)63)111-83(124)75-37-20-42-115(75)84(125)72(46-56-50-105-64-30-13-9-26-60(56)64)112-79(120)69(35-19-41-101-88(97)98)114-90(128)129-52-53-22-5-4-6-23-53/h4-14,22-31,48-51,66-75,103-106H,15-21,32-47,52H2,1-3H3,(H2,92,117)(H,102,127)(H,107,118)(H,108,119)(H,109,121)(H,110,123)(H,111,124)(H,112,120)(H,113,122)(H,114,128)(H4,93,94,99)(H4,95,96,100)(H4,97,98,101)/t66-,67-,68-,69-,70-,71-,72-,73-,74-,75-/m0/s1. The Hall–Kier alpha value is -14.7. The lowest BCUT2D eigenvalue weighted by Crippen LogP contribution is -2.61. The number of alkyl carbamates (subject to hydrolysis) is 2. The molecule has 5 aromatic carbocycles. The largest absolute Gasteiger partial charge is 0.445 e. The first kappa shape index (κ1) is 96.0. The number of H-pyrrole nitrogens is 4. The number of aromatic amines is 4. The van der Waals surface area contributed by atoms with Crippen molar-refractivity contribution < 1.29 is 67.0 Å². The first-order valence-electron chi connectivity index (χ1n) is 43.8. The average molecular weight is 1790 g/mol. The fourth-order valence-corrected chi connectivity index (χ4v) is 16.4. The van der Waals surface area contributed by atoms with E-state index >= 15 is 28.8 Å². The van der Waals surface area contributed by atoms with E-state index < -0.39 is 137 Å². The molecule has 12 amide bonds. The molecule has 0 bridgehead atoms. The normalized spacial score (nSPS) is 15.6. The molecule has 9 aromatic rings. The SMILES string of the molecule is CC(C)(C)OC(=O)NCCCC[C@H](NC(=O)[C@H](CCCNC(=N)N)NC(=O)[C@H](CCCNC(=N)N)NC(=O)[C@H](Cc1c[nH]c2ccccc12)NC(=O)[C@@H]1CCCN1C(=O)[C@H](Cc1c[nH]c2ccccc12)NC(=O)[C@H](Cc1c[nH]c2ccccc12)NC(=O)[C@@H]1CCCN1C(=O)[C@H](Cc1c[nH]c2ccccc12)NC(=O)[C@H](CCCNC(=N)N)NC(=O)OCc1ccccc1)C(N)=O. The molecular formula is C91H119N25O14. The van der Waals surface area contributed by atoms with Crippen LogP contribution >= 0.6 is 0 Å². The Morgan fingerprint density at radius 3 is 1.08 bits per heavy atom. The molecule has 27 N–H and O–H groups in total. The fraction of sp³-hybridized carbons (Fsp3) is 0.418. The molecule has 0 radical (unpaired) electrons. The topological polar surface area (TPSA) is 613 Å². The Kier molecular flexibility index (Phi) is 34.1. The van der Waals surface area contributed by atoms with Crippen LogP contribution in [-0.2, 0) is 89.7 Å². The average Bonchev–Trinajstić information content (AvgIpc) is 1.63. The van der Waals surface area contributed by atoms with Gasteiger partial charge in [-0.25, -0.2) is 9.59 Å². The Bertz CT molecular complexity index is 5510. The van der Waals surface area contributed by atoms with Gasteiger partial charge in [0.2, 0.25) is 59.1 Å². The van der Waals surface area contributed by atoms with E-state index in [9.17, 15) is 28.8 Å². The van der Waals surface area contributed by atoms with Gasteiger partial charge in [0, 0.05) is 133 Å². The predicted octanol–water partition coefficient (Wildman–Crippen LogP) is 3.52. The highest BCUT2D eigenvalue weighted by Gasteiger charge is 2.44. The first-order valence-corrected chi connectivity index (χ1v) is 43.8. The third kappa shape index (κ3) is 27.4. The molecule has 4 aromatic heterocycles. The van der Waals surface area contributed by atoms with E-state index in [1.807, 2.05) is 97.1 Å². The third-order valence-electron chi connectivity index (χ3n) is 22.9. The Morgan fingerprint density at radius 1 is 0.385 bits per heavy atom. The van der Waals surface area contributed by atoms with Crippen molar-refractivity contribution >= 4 is 133 Å². The molecule has 130 heavy (non-hydrogen) atoms. The lowest BCUT2D eigenvalue weighted by molar-refractivity contribution is -0.143. The quantitative estimate of drug-likeness (QED) is 0.0147. The molecular weight excluding hydrogens is 1670 g/mol. The van der Waals surface area contributed by atoms with Crippen LogP contribution in [-0.4, -0.2) is 224 Å². The summed E-state index contributed by atoms with van der Waals surface area (Å²) < 4.78 is 10.9. The molecule has 11 rings (SSSR count). The molecule has 2 fully saturated rings. The van der Waals surface area contributed by atoms with Crippen LogP contribution in [0.2, 0.25) is 0 Å². The van der Waals surface area contributed by atoms with Crippen molar-refractivity contribution in [1.29, 1.82) is 16.2 Å². The number of likely N-dealkylation sites (tertiary alicyclic amines) is 2. The summed E-state index contributed by atoms with van der Waals surface area (Å²) in [7, 11) is 0. The second kappa shape index (κ2) is 46.2. The number of benzene rings is 5. The number of nitrogens with two attached hydrogens (primary N) is 4. The van der Waals surface area contributed by atoms with E-state index in [-0.39, 0.29) is 154 Å². The van der Waals surface area contributed by atoms with Crippen LogP contribution in [0.15, 0.2) is 152 Å². The third-order valence-corrected chi connectivity index (χ3v) is 22.9. The lowest BCUT2D eigenvalue weighted by atomic mass is 10.00. The number of nitrogens with zero attached hydrogens (tertiary/aromatic N) is 2. The van der Waals surface area contributed by atoms with E-state index in [2.05, 4.69) is 83.7 Å². The van der Waals surface area contributed by atoms with E-state index in [0.29, 0.717) is 63.5 Å². The van der Waals surface area contributed by atoms with Crippen LogP contribution < -0.4 is 86.7 Å².